The molecule has 37 heavy (non-hydrogen) atoms. The van der Waals surface area contributed by atoms with Crippen LogP contribution in [0.2, 0.25) is 0 Å². The summed E-state index contributed by atoms with van der Waals surface area (Å²) in [4.78, 5) is 21.3. The molecule has 8 nitrogen and oxygen atoms in total. The van der Waals surface area contributed by atoms with E-state index in [4.69, 9.17) is 4.74 Å². The molecule has 2 aromatic carbocycles. The Bertz CT molecular complexity index is 1750. The van der Waals surface area contributed by atoms with Gasteiger partial charge in [0, 0.05) is 46.7 Å². The van der Waals surface area contributed by atoms with E-state index in [9.17, 15) is 13.2 Å². The number of fused-ring (bicyclic) bond motifs is 2. The first-order valence-corrected chi connectivity index (χ1v) is 13.3. The molecule has 2 aromatic heterocycles. The lowest BCUT2D eigenvalue weighted by Gasteiger charge is -2.14. The maximum absolute atomic E-state index is 12.3. The van der Waals surface area contributed by atoms with Crippen molar-refractivity contribution in [2.75, 3.05) is 24.0 Å². The van der Waals surface area contributed by atoms with Crippen molar-refractivity contribution in [2.45, 2.75) is 24.2 Å². The molecular weight excluding hydrogens is 488 g/mol. The minimum Gasteiger partial charge on any atom is -0.495 e. The van der Waals surface area contributed by atoms with Gasteiger partial charge in [0.2, 0.25) is 5.91 Å². The number of sulfone groups is 1. The van der Waals surface area contributed by atoms with E-state index in [0.717, 1.165) is 33.8 Å². The summed E-state index contributed by atoms with van der Waals surface area (Å²) >= 11 is 0. The number of nitrogens with one attached hydrogen (secondary N) is 2. The van der Waals surface area contributed by atoms with E-state index < -0.39 is 15.3 Å². The van der Waals surface area contributed by atoms with E-state index in [1.54, 1.807) is 18.5 Å². The van der Waals surface area contributed by atoms with Gasteiger partial charge in [0.25, 0.3) is 0 Å². The molecule has 0 unspecified atom stereocenters. The van der Waals surface area contributed by atoms with Gasteiger partial charge in [0.15, 0.2) is 9.84 Å². The summed E-state index contributed by atoms with van der Waals surface area (Å²) in [5.74, 6) is 7.17. The number of hydrogen-bond donors (Lipinski definition) is 2. The van der Waals surface area contributed by atoms with Crippen molar-refractivity contribution in [1.82, 2.24) is 9.97 Å². The van der Waals surface area contributed by atoms with Crippen LogP contribution < -0.4 is 15.4 Å². The topological polar surface area (TPSA) is 110 Å². The lowest BCUT2D eigenvalue weighted by Crippen LogP contribution is -2.26. The molecule has 1 aliphatic rings. The fourth-order valence-electron chi connectivity index (χ4n) is 4.18. The summed E-state index contributed by atoms with van der Waals surface area (Å²) in [5.41, 5.74) is 3.07. The molecule has 0 spiro atoms. The van der Waals surface area contributed by atoms with Crippen LogP contribution >= 0.6 is 0 Å². The molecule has 1 aliphatic heterocycles. The van der Waals surface area contributed by atoms with Crippen LogP contribution in [0.3, 0.4) is 0 Å². The Labute approximate surface area is 215 Å². The third-order valence-corrected chi connectivity index (χ3v) is 7.46. The molecule has 5 rings (SSSR count). The first-order valence-electron chi connectivity index (χ1n) is 11.4. The fourth-order valence-corrected chi connectivity index (χ4v) is 4.82. The molecule has 2 N–H and O–H groups in total. The third-order valence-electron chi connectivity index (χ3n) is 6.35. The monoisotopic (exact) mass is 512 g/mol. The SMILES string of the molecule is COc1cc(S(C)(=O)=O)ccc1Nc1cc2c(C#Cc3ccc4c(c3)NC(=O)C4(C)C)nccc2cn1. The number of aromatic nitrogens is 2. The summed E-state index contributed by atoms with van der Waals surface area (Å²) in [6.07, 6.45) is 4.54. The zero-order valence-corrected chi connectivity index (χ0v) is 21.5. The van der Waals surface area contributed by atoms with Gasteiger partial charge in [-0.3, -0.25) is 4.79 Å². The number of amides is 1. The van der Waals surface area contributed by atoms with Gasteiger partial charge in [-0.2, -0.15) is 0 Å². The number of nitrogens with zero attached hydrogens (tertiary/aromatic N) is 2. The van der Waals surface area contributed by atoms with E-state index in [2.05, 4.69) is 32.4 Å². The Morgan fingerprint density at radius 3 is 2.59 bits per heavy atom. The Hall–Kier alpha value is -4.42. The Morgan fingerprint density at radius 2 is 1.84 bits per heavy atom. The lowest BCUT2D eigenvalue weighted by atomic mass is 9.86. The number of carbonyl (C=O) groups is 1. The average Bonchev–Trinajstić information content (AvgIpc) is 3.09. The first-order chi connectivity index (χ1) is 17.6. The highest BCUT2D eigenvalue weighted by Gasteiger charge is 2.38. The Balaban J connectivity index is 1.48. The maximum Gasteiger partial charge on any atom is 0.234 e. The van der Waals surface area contributed by atoms with Crippen molar-refractivity contribution in [1.29, 1.82) is 0 Å². The summed E-state index contributed by atoms with van der Waals surface area (Å²) in [5, 5.41) is 7.78. The second-order valence-electron chi connectivity index (χ2n) is 9.30. The summed E-state index contributed by atoms with van der Waals surface area (Å²) in [7, 11) is -1.89. The van der Waals surface area contributed by atoms with Crippen molar-refractivity contribution in [3.63, 3.8) is 0 Å². The van der Waals surface area contributed by atoms with Crippen molar-refractivity contribution in [2.24, 2.45) is 0 Å². The van der Waals surface area contributed by atoms with Crippen molar-refractivity contribution >= 4 is 43.7 Å². The van der Waals surface area contributed by atoms with Crippen molar-refractivity contribution in [3.8, 4) is 17.6 Å². The van der Waals surface area contributed by atoms with Crippen LogP contribution in [0.5, 0.6) is 5.75 Å². The Kier molecular flexibility index (Phi) is 5.85. The van der Waals surface area contributed by atoms with Gasteiger partial charge in [-0.15, -0.1) is 0 Å². The highest BCUT2D eigenvalue weighted by Crippen LogP contribution is 2.37. The quantitative estimate of drug-likeness (QED) is 0.390. The summed E-state index contributed by atoms with van der Waals surface area (Å²) in [6.45, 7) is 3.80. The van der Waals surface area contributed by atoms with Gasteiger partial charge in [0.05, 0.1) is 23.1 Å². The van der Waals surface area contributed by atoms with Gasteiger partial charge in [-0.05, 0) is 61.7 Å². The van der Waals surface area contributed by atoms with Crippen LogP contribution in [0.25, 0.3) is 10.8 Å². The predicted octanol–water partition coefficient (Wildman–Crippen LogP) is 4.42. The highest BCUT2D eigenvalue weighted by molar-refractivity contribution is 7.90. The molecule has 0 saturated heterocycles. The Morgan fingerprint density at radius 1 is 1.03 bits per heavy atom. The molecule has 0 saturated carbocycles. The van der Waals surface area contributed by atoms with Crippen LogP contribution in [-0.4, -0.2) is 37.7 Å². The first kappa shape index (κ1) is 24.3. The maximum atomic E-state index is 12.3. The van der Waals surface area contributed by atoms with Crippen LogP contribution in [0, 0.1) is 11.8 Å². The number of carbonyl (C=O) groups excluding carboxylic acids is 1. The van der Waals surface area contributed by atoms with Gasteiger partial charge < -0.3 is 15.4 Å². The van der Waals surface area contributed by atoms with Crippen LogP contribution in [0.1, 0.15) is 30.7 Å². The minimum absolute atomic E-state index is 0.0292. The zero-order chi connectivity index (χ0) is 26.4. The number of anilines is 3. The van der Waals surface area contributed by atoms with Gasteiger partial charge in [-0.25, -0.2) is 18.4 Å². The largest absolute Gasteiger partial charge is 0.495 e. The molecule has 4 aromatic rings. The summed E-state index contributed by atoms with van der Waals surface area (Å²) in [6, 6.07) is 14.0. The van der Waals surface area contributed by atoms with E-state index in [-0.39, 0.29) is 10.8 Å². The van der Waals surface area contributed by atoms with Crippen molar-refractivity contribution in [3.05, 3.63) is 77.7 Å². The molecule has 0 bridgehead atoms. The third kappa shape index (κ3) is 4.59. The molecule has 0 radical (unpaired) electrons. The zero-order valence-electron chi connectivity index (χ0n) is 20.7. The normalized spacial score (nSPS) is 13.9. The van der Waals surface area contributed by atoms with E-state index in [1.165, 1.54) is 19.2 Å². The smallest absolute Gasteiger partial charge is 0.234 e. The average molecular weight is 513 g/mol. The van der Waals surface area contributed by atoms with Crippen LogP contribution in [-0.2, 0) is 20.0 Å². The van der Waals surface area contributed by atoms with E-state index >= 15 is 0 Å². The van der Waals surface area contributed by atoms with E-state index in [1.807, 2.05) is 44.2 Å². The highest BCUT2D eigenvalue weighted by atomic mass is 32.2. The van der Waals surface area contributed by atoms with Gasteiger partial charge in [0.1, 0.15) is 17.3 Å². The molecule has 9 heteroatoms. The van der Waals surface area contributed by atoms with Crippen molar-refractivity contribution < 1.29 is 17.9 Å². The predicted molar refractivity (Wildman–Crippen MR) is 143 cm³/mol. The minimum atomic E-state index is -3.37. The molecule has 1 amide bonds. The molecule has 0 atom stereocenters. The van der Waals surface area contributed by atoms with Crippen LogP contribution in [0.15, 0.2) is 65.8 Å². The number of ether oxygens (including phenoxy) is 1. The molecule has 0 aliphatic carbocycles. The van der Waals surface area contributed by atoms with Crippen LogP contribution in [0.4, 0.5) is 17.2 Å². The van der Waals surface area contributed by atoms with Gasteiger partial charge in [-0.1, -0.05) is 12.0 Å². The number of pyridine rings is 2. The summed E-state index contributed by atoms with van der Waals surface area (Å²) < 4.78 is 29.2. The number of benzene rings is 2. The molecular formula is C28H24N4O4S. The lowest BCUT2D eigenvalue weighted by molar-refractivity contribution is -0.119. The number of hydrogen-bond acceptors (Lipinski definition) is 7. The standard InChI is InChI=1S/C28H24N4O4S/c1-28(2)21-8-5-17(13-24(21)32-27(28)33)6-9-22-20-15-26(30-16-18(20)11-12-29-22)31-23-10-7-19(37(4,34)35)14-25(23)36-3/h5,7-8,10-16H,1-4H3,(H,30,31)(H,32,33). The molecule has 3 heterocycles. The van der Waals surface area contributed by atoms with Gasteiger partial charge >= 0.3 is 0 Å². The fraction of sp³-hybridized carbons (Fsp3) is 0.179. The molecule has 0 fully saturated rings. The number of methoxy groups -OCH3 is 1. The second-order valence-corrected chi connectivity index (χ2v) is 11.3. The van der Waals surface area contributed by atoms with E-state index in [0.29, 0.717) is 22.9 Å². The molecule has 186 valence electrons. The number of rotatable bonds is 4. The second kappa shape index (κ2) is 8.91.